The van der Waals surface area contributed by atoms with E-state index in [1.165, 1.54) is 109 Å². The zero-order chi connectivity index (χ0) is 31.3. The quantitative estimate of drug-likeness (QED) is 0.240. The molecule has 0 spiro atoms. The minimum Gasteiger partial charge on any atom is -0.0885 e. The zero-order valence-corrected chi connectivity index (χ0v) is 31.1. The summed E-state index contributed by atoms with van der Waals surface area (Å²) in [6.45, 7) is 13.0. The van der Waals surface area contributed by atoms with Crippen molar-refractivity contribution in [3.8, 4) is 0 Å². The third kappa shape index (κ3) is 11.9. The van der Waals surface area contributed by atoms with Gasteiger partial charge < -0.3 is 0 Å². The van der Waals surface area contributed by atoms with Crippen molar-refractivity contribution in [3.05, 3.63) is 12.2 Å². The molecule has 13 unspecified atom stereocenters. The smallest absolute Gasteiger partial charge is 0.0319 e. The molecule has 0 aromatic rings. The van der Waals surface area contributed by atoms with Crippen molar-refractivity contribution < 1.29 is 0 Å². The molecule has 0 amide bonds. The van der Waals surface area contributed by atoms with Crippen molar-refractivity contribution in [1.82, 2.24) is 0 Å². The highest BCUT2D eigenvalue weighted by molar-refractivity contribution is 5.03. The molecule has 13 atom stereocenters. The van der Waals surface area contributed by atoms with Gasteiger partial charge in [0.25, 0.3) is 0 Å². The van der Waals surface area contributed by atoms with E-state index in [4.69, 9.17) is 0 Å². The number of allylic oxidation sites excluding steroid dienone is 2. The van der Waals surface area contributed by atoms with Crippen LogP contribution < -0.4 is 0 Å². The number of rotatable bonds is 6. The van der Waals surface area contributed by atoms with Gasteiger partial charge in [-0.3, -0.25) is 0 Å². The van der Waals surface area contributed by atoms with Crippen molar-refractivity contribution >= 4 is 0 Å². The van der Waals surface area contributed by atoms with Crippen molar-refractivity contribution in [2.75, 3.05) is 0 Å². The predicted octanol–water partition coefficient (Wildman–Crippen LogP) is 17.8. The molecular weight excluding hydrogens is 613 g/mol. The maximum atomic E-state index is 2.67. The van der Waals surface area contributed by atoms with Gasteiger partial charge in [-0.25, -0.2) is 0 Å². The molecule has 0 aromatic heterocycles. The molecule has 0 N–H and O–H groups in total. The van der Waals surface area contributed by atoms with Gasteiger partial charge in [0.05, 0.1) is 0 Å². The molecule has 0 heterocycles. The van der Waals surface area contributed by atoms with E-state index in [-0.39, 0.29) is 44.6 Å². The Bertz CT molecular complexity index is 876. The Morgan fingerprint density at radius 1 is 0.471 bits per heavy atom. The van der Waals surface area contributed by atoms with Crippen LogP contribution in [0.25, 0.3) is 0 Å². The largest absolute Gasteiger partial charge is 0.0885 e. The normalized spacial score (nSPS) is 41.2. The zero-order valence-electron chi connectivity index (χ0n) is 31.1. The summed E-state index contributed by atoms with van der Waals surface area (Å²) in [5, 5.41) is 0. The Balaban J connectivity index is 0.000000881. The minimum absolute atomic E-state index is 0. The fraction of sp³-hybridized carbons (Fsp3) is 0.961. The number of hydrogen-bond acceptors (Lipinski definition) is 0. The van der Waals surface area contributed by atoms with Crippen LogP contribution in [-0.4, -0.2) is 0 Å². The van der Waals surface area contributed by atoms with Gasteiger partial charge in [-0.15, -0.1) is 0 Å². The first kappa shape index (κ1) is 50.7. The van der Waals surface area contributed by atoms with E-state index < -0.39 is 0 Å². The van der Waals surface area contributed by atoms with E-state index in [1.54, 1.807) is 38.5 Å². The van der Waals surface area contributed by atoms with E-state index >= 15 is 0 Å². The molecule has 0 aliphatic heterocycles. The molecule has 0 radical (unpaired) electrons. The second-order valence-corrected chi connectivity index (χ2v) is 19.0. The summed E-state index contributed by atoms with van der Waals surface area (Å²) in [5.41, 5.74) is 0. The fourth-order valence-corrected chi connectivity index (χ4v) is 14.3. The van der Waals surface area contributed by atoms with E-state index in [1.807, 2.05) is 0 Å². The number of hydrogen-bond donors (Lipinski definition) is 0. The second kappa shape index (κ2) is 24.3. The number of fused-ring (bicyclic) bond motifs is 2. The third-order valence-corrected chi connectivity index (χ3v) is 16.7. The second-order valence-electron chi connectivity index (χ2n) is 19.0. The van der Waals surface area contributed by atoms with Gasteiger partial charge >= 0.3 is 0 Å². The lowest BCUT2D eigenvalue weighted by atomic mass is 9.48. The highest BCUT2D eigenvalue weighted by Crippen LogP contribution is 2.59. The topological polar surface area (TPSA) is 0 Å². The third-order valence-electron chi connectivity index (χ3n) is 16.7. The van der Waals surface area contributed by atoms with Crippen molar-refractivity contribution in [1.29, 1.82) is 0 Å². The Hall–Kier alpha value is -0.260. The average molecular weight is 715 g/mol. The molecule has 6 saturated carbocycles. The fourth-order valence-electron chi connectivity index (χ4n) is 14.3. The van der Waals surface area contributed by atoms with Gasteiger partial charge in [0, 0.05) is 0 Å². The molecule has 0 aromatic carbocycles. The monoisotopic (exact) mass is 715 g/mol. The van der Waals surface area contributed by atoms with E-state index in [0.29, 0.717) is 0 Å². The highest BCUT2D eigenvalue weighted by atomic mass is 14.6. The summed E-state index contributed by atoms with van der Waals surface area (Å²) < 4.78 is 0. The van der Waals surface area contributed by atoms with Crippen LogP contribution in [0.1, 0.15) is 227 Å². The van der Waals surface area contributed by atoms with Crippen LogP contribution in [0.2, 0.25) is 0 Å². The first-order valence-electron chi connectivity index (χ1n) is 21.6. The first-order chi connectivity index (χ1) is 21.9. The maximum Gasteiger partial charge on any atom is -0.0319 e. The van der Waals surface area contributed by atoms with Crippen LogP contribution in [0.3, 0.4) is 0 Å². The summed E-state index contributed by atoms with van der Waals surface area (Å²) in [4.78, 5) is 0. The molecule has 0 nitrogen and oxygen atoms in total. The van der Waals surface area contributed by atoms with Gasteiger partial charge in [-0.1, -0.05) is 175 Å². The maximum absolute atomic E-state index is 2.67. The van der Waals surface area contributed by atoms with Gasteiger partial charge in [0.2, 0.25) is 0 Å². The first-order valence-corrected chi connectivity index (χ1v) is 21.6. The van der Waals surface area contributed by atoms with Crippen molar-refractivity contribution in [3.63, 3.8) is 0 Å². The Labute approximate surface area is 326 Å². The molecule has 0 heteroatoms. The minimum atomic E-state index is 0. The van der Waals surface area contributed by atoms with Crippen molar-refractivity contribution in [2.45, 2.75) is 227 Å². The van der Waals surface area contributed by atoms with Crippen LogP contribution in [0.15, 0.2) is 12.2 Å². The average Bonchev–Trinajstić information content (AvgIpc) is 3.49. The summed E-state index contributed by atoms with van der Waals surface area (Å²) in [6, 6.07) is 0. The summed E-state index contributed by atoms with van der Waals surface area (Å²) in [5.74, 6) is 15.7. The van der Waals surface area contributed by atoms with Crippen LogP contribution in [0.4, 0.5) is 0 Å². The highest BCUT2D eigenvalue weighted by Gasteiger charge is 2.51. The van der Waals surface area contributed by atoms with E-state index in [2.05, 4.69) is 46.8 Å². The molecular formula is C51H102. The standard InChI is InChI=1S/C24H44.C21H34.6CH4/c1-17-10-5-7-13-21(17)16-20(4)24(23-15-9-12-19(23)3)22-14-8-6-11-18(22)2;1-15-17-11-5-7-13-19(17)21(16-9-3-2-4-10-16)20-14-8-6-12-18(15)20;;;;;;/h17-24H,5-16H2,1-4H3;2-3,15-21H,4-14H2,1H3;6*1H4. The van der Waals surface area contributed by atoms with Gasteiger partial charge in [-0.05, 0) is 153 Å². The van der Waals surface area contributed by atoms with Gasteiger partial charge in [0.15, 0.2) is 0 Å². The molecule has 7 rings (SSSR count). The summed E-state index contributed by atoms with van der Waals surface area (Å²) in [7, 11) is 0. The lowest BCUT2D eigenvalue weighted by Crippen LogP contribution is -2.50. The van der Waals surface area contributed by atoms with Gasteiger partial charge in [-0.2, -0.15) is 0 Å². The lowest BCUT2D eigenvalue weighted by Gasteiger charge is -2.57. The van der Waals surface area contributed by atoms with E-state index in [9.17, 15) is 0 Å². The van der Waals surface area contributed by atoms with E-state index in [0.717, 1.165) is 88.8 Å². The molecule has 7 aliphatic carbocycles. The SMILES string of the molecule is C.C.C.C.C.C.CC1C2CCCCC2C(C2CC=CCC2)C2CCCCC12.CC1CCCCC1CC(C)C(C1CCCCC1C)C1CCCC1C. The molecule has 0 saturated heterocycles. The molecule has 6 fully saturated rings. The van der Waals surface area contributed by atoms with Crippen LogP contribution in [0, 0.1) is 88.8 Å². The Morgan fingerprint density at radius 2 is 0.922 bits per heavy atom. The van der Waals surface area contributed by atoms with Crippen LogP contribution >= 0.6 is 0 Å². The molecule has 306 valence electrons. The molecule has 51 heavy (non-hydrogen) atoms. The summed E-state index contributed by atoms with van der Waals surface area (Å²) in [6.07, 6.45) is 39.8. The van der Waals surface area contributed by atoms with Crippen molar-refractivity contribution in [2.24, 2.45) is 88.8 Å². The molecule has 7 aliphatic rings. The molecule has 0 bridgehead atoms. The summed E-state index contributed by atoms with van der Waals surface area (Å²) >= 11 is 0. The van der Waals surface area contributed by atoms with Crippen LogP contribution in [-0.2, 0) is 0 Å². The predicted molar refractivity (Wildman–Crippen MR) is 236 cm³/mol. The van der Waals surface area contributed by atoms with Gasteiger partial charge in [0.1, 0.15) is 0 Å². The Morgan fingerprint density at radius 3 is 1.41 bits per heavy atom. The lowest BCUT2D eigenvalue weighted by molar-refractivity contribution is -0.0790. The Kier molecular flexibility index (Phi) is 24.2. The van der Waals surface area contributed by atoms with Crippen LogP contribution in [0.5, 0.6) is 0 Å².